The van der Waals surface area contributed by atoms with E-state index in [0.717, 1.165) is 25.2 Å². The third kappa shape index (κ3) is 3.97. The number of benzene rings is 1. The standard InChI is InChI=1S/C17H29NO2/c1-7-17(4,20-8-2)16(18-5)12-14-11-13(3)9-10-15(14)19-6/h9-11,16,18H,7-8,12H2,1-6H3. The molecule has 0 heterocycles. The number of rotatable bonds is 8. The molecule has 114 valence electrons. The van der Waals surface area contributed by atoms with Crippen LogP contribution in [0, 0.1) is 6.92 Å². The minimum atomic E-state index is -0.168. The Bertz CT molecular complexity index is 419. The lowest BCUT2D eigenvalue weighted by Crippen LogP contribution is -2.50. The van der Waals surface area contributed by atoms with E-state index in [2.05, 4.69) is 38.2 Å². The van der Waals surface area contributed by atoms with Crippen LogP contribution in [0.4, 0.5) is 0 Å². The molecule has 3 nitrogen and oxygen atoms in total. The van der Waals surface area contributed by atoms with Crippen LogP contribution in [0.2, 0.25) is 0 Å². The van der Waals surface area contributed by atoms with Crippen LogP contribution < -0.4 is 10.1 Å². The average Bonchev–Trinajstić information content (AvgIpc) is 2.45. The second-order valence-corrected chi connectivity index (χ2v) is 5.46. The van der Waals surface area contributed by atoms with Crippen molar-refractivity contribution in [1.29, 1.82) is 0 Å². The number of hydrogen-bond acceptors (Lipinski definition) is 3. The van der Waals surface area contributed by atoms with Gasteiger partial charge in [0.2, 0.25) is 0 Å². The van der Waals surface area contributed by atoms with Crippen LogP contribution in [0.5, 0.6) is 5.75 Å². The maximum absolute atomic E-state index is 6.00. The van der Waals surface area contributed by atoms with Crippen molar-refractivity contribution < 1.29 is 9.47 Å². The van der Waals surface area contributed by atoms with E-state index in [9.17, 15) is 0 Å². The van der Waals surface area contributed by atoms with Crippen LogP contribution in [-0.2, 0) is 11.2 Å². The summed E-state index contributed by atoms with van der Waals surface area (Å²) in [4.78, 5) is 0. The van der Waals surface area contributed by atoms with E-state index in [1.54, 1.807) is 7.11 Å². The van der Waals surface area contributed by atoms with Crippen molar-refractivity contribution in [2.45, 2.75) is 52.2 Å². The summed E-state index contributed by atoms with van der Waals surface area (Å²) < 4.78 is 11.5. The molecule has 0 aliphatic carbocycles. The van der Waals surface area contributed by atoms with Gasteiger partial charge in [0.25, 0.3) is 0 Å². The highest BCUT2D eigenvalue weighted by molar-refractivity contribution is 5.37. The Kier molecular flexibility index (Phi) is 6.50. The van der Waals surface area contributed by atoms with Gasteiger partial charge in [-0.2, -0.15) is 0 Å². The number of likely N-dealkylation sites (N-methyl/N-ethyl adjacent to an activating group) is 1. The molecule has 0 spiro atoms. The highest BCUT2D eigenvalue weighted by Crippen LogP contribution is 2.27. The molecule has 0 aliphatic heterocycles. The first-order valence-electron chi connectivity index (χ1n) is 7.45. The molecule has 0 aliphatic rings. The van der Waals surface area contributed by atoms with Gasteiger partial charge in [0, 0.05) is 12.6 Å². The minimum Gasteiger partial charge on any atom is -0.496 e. The SMILES string of the molecule is CCOC(C)(CC)C(Cc1cc(C)ccc1OC)NC. The molecule has 3 heteroatoms. The van der Waals surface area contributed by atoms with Crippen LogP contribution in [0.15, 0.2) is 18.2 Å². The van der Waals surface area contributed by atoms with Gasteiger partial charge in [-0.15, -0.1) is 0 Å². The molecule has 0 bridgehead atoms. The van der Waals surface area contributed by atoms with E-state index in [1.807, 2.05) is 20.0 Å². The Morgan fingerprint density at radius 2 is 2.00 bits per heavy atom. The zero-order valence-corrected chi connectivity index (χ0v) is 13.7. The van der Waals surface area contributed by atoms with Gasteiger partial charge in [0.05, 0.1) is 12.7 Å². The molecule has 1 aromatic carbocycles. The third-order valence-electron chi connectivity index (χ3n) is 4.12. The van der Waals surface area contributed by atoms with E-state index in [0.29, 0.717) is 0 Å². The van der Waals surface area contributed by atoms with Crippen LogP contribution in [-0.4, -0.2) is 32.4 Å². The third-order valence-corrected chi connectivity index (χ3v) is 4.12. The topological polar surface area (TPSA) is 30.5 Å². The van der Waals surface area contributed by atoms with Crippen LogP contribution >= 0.6 is 0 Å². The Hall–Kier alpha value is -1.06. The lowest BCUT2D eigenvalue weighted by molar-refractivity contribution is -0.0534. The van der Waals surface area contributed by atoms with Gasteiger partial charge in [-0.1, -0.05) is 24.6 Å². The van der Waals surface area contributed by atoms with E-state index in [4.69, 9.17) is 9.47 Å². The highest BCUT2D eigenvalue weighted by Gasteiger charge is 2.32. The van der Waals surface area contributed by atoms with Gasteiger partial charge in [-0.25, -0.2) is 0 Å². The van der Waals surface area contributed by atoms with E-state index in [1.165, 1.54) is 11.1 Å². The molecule has 2 atom stereocenters. The number of methoxy groups -OCH3 is 1. The summed E-state index contributed by atoms with van der Waals surface area (Å²) in [6.45, 7) is 9.24. The molecule has 2 unspecified atom stereocenters. The van der Waals surface area contributed by atoms with Gasteiger partial charge >= 0.3 is 0 Å². The van der Waals surface area contributed by atoms with Gasteiger partial charge in [-0.05, 0) is 52.3 Å². The number of hydrogen-bond donors (Lipinski definition) is 1. The first-order valence-corrected chi connectivity index (χ1v) is 7.45. The molecule has 0 amide bonds. The molecule has 1 rings (SSSR count). The van der Waals surface area contributed by atoms with Crippen molar-refractivity contribution >= 4 is 0 Å². The van der Waals surface area contributed by atoms with Crippen molar-refractivity contribution in [3.8, 4) is 5.75 Å². The summed E-state index contributed by atoms with van der Waals surface area (Å²) >= 11 is 0. The largest absolute Gasteiger partial charge is 0.496 e. The molecular formula is C17H29NO2. The lowest BCUT2D eigenvalue weighted by atomic mass is 9.87. The van der Waals surface area contributed by atoms with Crippen molar-refractivity contribution in [1.82, 2.24) is 5.32 Å². The predicted octanol–water partition coefficient (Wildman–Crippen LogP) is 3.34. The Morgan fingerprint density at radius 3 is 2.50 bits per heavy atom. The Balaban J connectivity index is 3.01. The molecule has 0 radical (unpaired) electrons. The minimum absolute atomic E-state index is 0.168. The molecule has 1 N–H and O–H groups in total. The number of aryl methyl sites for hydroxylation is 1. The van der Waals surface area contributed by atoms with Crippen molar-refractivity contribution in [3.63, 3.8) is 0 Å². The second kappa shape index (κ2) is 7.65. The smallest absolute Gasteiger partial charge is 0.122 e. The first-order chi connectivity index (χ1) is 9.50. The summed E-state index contributed by atoms with van der Waals surface area (Å²) in [5, 5.41) is 3.42. The Labute approximate surface area is 123 Å². The van der Waals surface area contributed by atoms with Gasteiger partial charge in [0.1, 0.15) is 5.75 Å². The molecular weight excluding hydrogens is 250 g/mol. The average molecular weight is 279 g/mol. The zero-order valence-electron chi connectivity index (χ0n) is 13.7. The fourth-order valence-corrected chi connectivity index (χ4v) is 2.69. The maximum Gasteiger partial charge on any atom is 0.122 e. The van der Waals surface area contributed by atoms with E-state index >= 15 is 0 Å². The lowest BCUT2D eigenvalue weighted by Gasteiger charge is -2.37. The maximum atomic E-state index is 6.00. The summed E-state index contributed by atoms with van der Waals surface area (Å²) in [7, 11) is 3.73. The molecule has 20 heavy (non-hydrogen) atoms. The number of nitrogens with one attached hydrogen (secondary N) is 1. The first kappa shape index (κ1) is 17.0. The fraction of sp³-hybridized carbons (Fsp3) is 0.647. The summed E-state index contributed by atoms with van der Waals surface area (Å²) in [5.74, 6) is 0.950. The number of ether oxygens (including phenoxy) is 2. The molecule has 0 saturated carbocycles. The normalized spacial score (nSPS) is 15.7. The van der Waals surface area contributed by atoms with Crippen molar-refractivity contribution in [2.24, 2.45) is 0 Å². The summed E-state index contributed by atoms with van der Waals surface area (Å²) in [6, 6.07) is 6.58. The van der Waals surface area contributed by atoms with Gasteiger partial charge < -0.3 is 14.8 Å². The molecule has 0 aromatic heterocycles. The van der Waals surface area contributed by atoms with Crippen molar-refractivity contribution in [3.05, 3.63) is 29.3 Å². The summed E-state index contributed by atoms with van der Waals surface area (Å²) in [6.07, 6.45) is 1.87. The molecule has 0 saturated heterocycles. The highest BCUT2D eigenvalue weighted by atomic mass is 16.5. The van der Waals surface area contributed by atoms with Gasteiger partial charge in [-0.3, -0.25) is 0 Å². The zero-order chi connectivity index (χ0) is 15.2. The van der Waals surface area contributed by atoms with Crippen LogP contribution in [0.25, 0.3) is 0 Å². The Morgan fingerprint density at radius 1 is 1.30 bits per heavy atom. The van der Waals surface area contributed by atoms with Crippen LogP contribution in [0.3, 0.4) is 0 Å². The molecule has 1 aromatic rings. The fourth-order valence-electron chi connectivity index (χ4n) is 2.69. The monoisotopic (exact) mass is 279 g/mol. The predicted molar refractivity (Wildman–Crippen MR) is 84.6 cm³/mol. The van der Waals surface area contributed by atoms with Crippen molar-refractivity contribution in [2.75, 3.05) is 20.8 Å². The summed E-state index contributed by atoms with van der Waals surface area (Å²) in [5.41, 5.74) is 2.31. The van der Waals surface area contributed by atoms with E-state index in [-0.39, 0.29) is 11.6 Å². The van der Waals surface area contributed by atoms with Gasteiger partial charge in [0.15, 0.2) is 0 Å². The quantitative estimate of drug-likeness (QED) is 0.791. The second-order valence-electron chi connectivity index (χ2n) is 5.46. The molecule has 0 fully saturated rings. The van der Waals surface area contributed by atoms with E-state index < -0.39 is 0 Å². The van der Waals surface area contributed by atoms with Crippen LogP contribution in [0.1, 0.15) is 38.3 Å².